The van der Waals surface area contributed by atoms with Crippen molar-refractivity contribution in [3.63, 3.8) is 0 Å². The molecule has 6 heteroatoms. The summed E-state index contributed by atoms with van der Waals surface area (Å²) in [6, 6.07) is 18.4. The van der Waals surface area contributed by atoms with Crippen molar-refractivity contribution in [2.75, 3.05) is 38.1 Å². The third kappa shape index (κ3) is 4.95. The number of benzene rings is 2. The molecule has 3 aromatic rings. The number of aromatic amines is 1. The van der Waals surface area contributed by atoms with Crippen LogP contribution in [-0.2, 0) is 11.3 Å². The van der Waals surface area contributed by atoms with Crippen LogP contribution in [0.2, 0.25) is 0 Å². The van der Waals surface area contributed by atoms with Gasteiger partial charge in [0.15, 0.2) is 0 Å². The average Bonchev–Trinajstić information content (AvgIpc) is 3.19. The van der Waals surface area contributed by atoms with Crippen LogP contribution in [0.3, 0.4) is 0 Å². The lowest BCUT2D eigenvalue weighted by Gasteiger charge is -2.31. The molecule has 0 unspecified atom stereocenters. The molecule has 2 N–H and O–H groups in total. The van der Waals surface area contributed by atoms with Crippen LogP contribution in [-0.4, -0.2) is 54.0 Å². The van der Waals surface area contributed by atoms with E-state index in [1.54, 1.807) is 0 Å². The van der Waals surface area contributed by atoms with Gasteiger partial charge in [-0.25, -0.2) is 4.98 Å². The summed E-state index contributed by atoms with van der Waals surface area (Å²) in [5, 5.41) is 3.13. The van der Waals surface area contributed by atoms with E-state index in [4.69, 9.17) is 0 Å². The number of anilines is 1. The van der Waals surface area contributed by atoms with Gasteiger partial charge in [-0.2, -0.15) is 0 Å². The van der Waals surface area contributed by atoms with Crippen LogP contribution in [0.1, 0.15) is 18.4 Å². The SMILES string of the molecule is CN(CCNC(=O)[C@@H]1CCCN(c2nc3ccccc3[nH]2)C1)Cc1ccccc1. The van der Waals surface area contributed by atoms with Gasteiger partial charge in [-0.05, 0) is 37.6 Å². The number of para-hydroxylation sites is 2. The smallest absolute Gasteiger partial charge is 0.224 e. The Morgan fingerprint density at radius 3 is 2.83 bits per heavy atom. The van der Waals surface area contributed by atoms with Gasteiger partial charge in [-0.15, -0.1) is 0 Å². The number of piperidine rings is 1. The molecular weight excluding hydrogens is 362 g/mol. The first-order valence-corrected chi connectivity index (χ1v) is 10.4. The number of fused-ring (bicyclic) bond motifs is 1. The summed E-state index contributed by atoms with van der Waals surface area (Å²) in [6.07, 6.45) is 1.94. The van der Waals surface area contributed by atoms with E-state index in [1.165, 1.54) is 5.56 Å². The van der Waals surface area contributed by atoms with Crippen molar-refractivity contribution >= 4 is 22.9 Å². The molecule has 0 bridgehead atoms. The van der Waals surface area contributed by atoms with Crippen LogP contribution in [0.15, 0.2) is 54.6 Å². The molecule has 1 aliphatic heterocycles. The molecule has 0 radical (unpaired) electrons. The summed E-state index contributed by atoms with van der Waals surface area (Å²) in [4.78, 5) is 25.2. The summed E-state index contributed by atoms with van der Waals surface area (Å²) >= 11 is 0. The van der Waals surface area contributed by atoms with Crippen molar-refractivity contribution in [2.24, 2.45) is 5.92 Å². The number of hydrogen-bond acceptors (Lipinski definition) is 4. The van der Waals surface area contributed by atoms with Crippen molar-refractivity contribution < 1.29 is 4.79 Å². The number of carbonyl (C=O) groups is 1. The quantitative estimate of drug-likeness (QED) is 0.650. The predicted octanol–water partition coefficient (Wildman–Crippen LogP) is 3.03. The second-order valence-electron chi connectivity index (χ2n) is 7.88. The first-order valence-electron chi connectivity index (χ1n) is 10.4. The Balaban J connectivity index is 1.26. The standard InChI is InChI=1S/C23H29N5O/c1-27(16-18-8-3-2-4-9-18)15-13-24-22(29)19-10-7-14-28(17-19)23-25-20-11-5-6-12-21(20)26-23/h2-6,8-9,11-12,19H,7,10,13-17H2,1H3,(H,24,29)(H,25,26)/t19-/m1/s1. The normalized spacial score (nSPS) is 17.0. The minimum atomic E-state index is 0.0105. The van der Waals surface area contributed by atoms with Crippen molar-refractivity contribution in [2.45, 2.75) is 19.4 Å². The molecule has 6 nitrogen and oxygen atoms in total. The minimum absolute atomic E-state index is 0.0105. The van der Waals surface area contributed by atoms with Crippen molar-refractivity contribution in [3.8, 4) is 0 Å². The second-order valence-corrected chi connectivity index (χ2v) is 7.88. The first-order chi connectivity index (χ1) is 14.2. The Hall–Kier alpha value is -2.86. The van der Waals surface area contributed by atoms with Crippen LogP contribution < -0.4 is 10.2 Å². The number of likely N-dealkylation sites (N-methyl/N-ethyl adjacent to an activating group) is 1. The number of nitrogens with zero attached hydrogens (tertiary/aromatic N) is 3. The topological polar surface area (TPSA) is 64.3 Å². The van der Waals surface area contributed by atoms with E-state index in [0.717, 1.165) is 49.5 Å². The van der Waals surface area contributed by atoms with E-state index in [0.29, 0.717) is 13.1 Å². The van der Waals surface area contributed by atoms with E-state index in [9.17, 15) is 4.79 Å². The number of amides is 1. The molecule has 0 aliphatic carbocycles. The molecule has 1 aliphatic rings. The fourth-order valence-electron chi connectivity index (χ4n) is 3.96. The minimum Gasteiger partial charge on any atom is -0.355 e. The van der Waals surface area contributed by atoms with Crippen molar-refractivity contribution in [1.29, 1.82) is 0 Å². The molecule has 1 saturated heterocycles. The summed E-state index contributed by atoms with van der Waals surface area (Å²) in [5.41, 5.74) is 3.29. The van der Waals surface area contributed by atoms with Crippen molar-refractivity contribution in [3.05, 3.63) is 60.2 Å². The maximum Gasteiger partial charge on any atom is 0.224 e. The second kappa shape index (κ2) is 9.09. The van der Waals surface area contributed by atoms with Gasteiger partial charge in [0.2, 0.25) is 11.9 Å². The molecule has 29 heavy (non-hydrogen) atoms. The van der Waals surface area contributed by atoms with E-state index in [-0.39, 0.29) is 11.8 Å². The highest BCUT2D eigenvalue weighted by Crippen LogP contribution is 2.23. The zero-order valence-corrected chi connectivity index (χ0v) is 17.0. The lowest BCUT2D eigenvalue weighted by atomic mass is 9.97. The van der Waals surface area contributed by atoms with Crippen molar-refractivity contribution in [1.82, 2.24) is 20.2 Å². The van der Waals surface area contributed by atoms with E-state index >= 15 is 0 Å². The highest BCUT2D eigenvalue weighted by Gasteiger charge is 2.27. The van der Waals surface area contributed by atoms with Crippen LogP contribution in [0.4, 0.5) is 5.95 Å². The van der Waals surface area contributed by atoms with Crippen LogP contribution in [0, 0.1) is 5.92 Å². The van der Waals surface area contributed by atoms with Crippen LogP contribution >= 0.6 is 0 Å². The van der Waals surface area contributed by atoms with Crippen LogP contribution in [0.5, 0.6) is 0 Å². The molecule has 0 saturated carbocycles. The molecule has 1 amide bonds. The Morgan fingerprint density at radius 1 is 1.21 bits per heavy atom. The lowest BCUT2D eigenvalue weighted by molar-refractivity contribution is -0.125. The maximum absolute atomic E-state index is 12.7. The molecule has 4 rings (SSSR count). The number of imidazole rings is 1. The molecular formula is C23H29N5O. The monoisotopic (exact) mass is 391 g/mol. The zero-order valence-electron chi connectivity index (χ0n) is 17.0. The average molecular weight is 392 g/mol. The van der Waals surface area contributed by atoms with Gasteiger partial charge in [0.1, 0.15) is 0 Å². The van der Waals surface area contributed by atoms with Gasteiger partial charge in [0.05, 0.1) is 17.0 Å². The van der Waals surface area contributed by atoms with Gasteiger partial charge in [-0.3, -0.25) is 4.79 Å². The number of hydrogen-bond donors (Lipinski definition) is 2. The molecule has 152 valence electrons. The summed E-state index contributed by atoms with van der Waals surface area (Å²) < 4.78 is 0. The number of nitrogens with one attached hydrogen (secondary N) is 2. The van der Waals surface area contributed by atoms with Gasteiger partial charge in [0, 0.05) is 32.7 Å². The summed E-state index contributed by atoms with van der Waals surface area (Å²) in [6.45, 7) is 4.04. The molecule has 1 aromatic heterocycles. The van der Waals surface area contributed by atoms with Gasteiger partial charge in [0.25, 0.3) is 0 Å². The van der Waals surface area contributed by atoms with Gasteiger partial charge in [-0.1, -0.05) is 42.5 Å². The molecule has 2 aromatic carbocycles. The van der Waals surface area contributed by atoms with E-state index < -0.39 is 0 Å². The molecule has 1 fully saturated rings. The third-order valence-corrected chi connectivity index (χ3v) is 5.56. The number of aromatic nitrogens is 2. The van der Waals surface area contributed by atoms with Gasteiger partial charge < -0.3 is 20.1 Å². The Kier molecular flexibility index (Phi) is 6.10. The predicted molar refractivity (Wildman–Crippen MR) is 117 cm³/mol. The fraction of sp³-hybridized carbons (Fsp3) is 0.391. The Bertz CT molecular complexity index is 906. The Morgan fingerprint density at radius 2 is 2.00 bits per heavy atom. The fourth-order valence-corrected chi connectivity index (χ4v) is 3.96. The third-order valence-electron chi connectivity index (χ3n) is 5.56. The number of H-pyrrole nitrogens is 1. The van der Waals surface area contributed by atoms with Gasteiger partial charge >= 0.3 is 0 Å². The molecule has 1 atom stereocenters. The first kappa shape index (κ1) is 19.5. The van der Waals surface area contributed by atoms with Crippen LogP contribution in [0.25, 0.3) is 11.0 Å². The maximum atomic E-state index is 12.7. The molecule has 0 spiro atoms. The van der Waals surface area contributed by atoms with E-state index in [2.05, 4.69) is 56.4 Å². The largest absolute Gasteiger partial charge is 0.355 e. The summed E-state index contributed by atoms with van der Waals surface area (Å²) in [7, 11) is 2.09. The lowest BCUT2D eigenvalue weighted by Crippen LogP contribution is -2.44. The summed E-state index contributed by atoms with van der Waals surface area (Å²) in [5.74, 6) is 1.03. The highest BCUT2D eigenvalue weighted by atomic mass is 16.1. The zero-order chi connectivity index (χ0) is 20.1. The molecule has 2 heterocycles. The Labute approximate surface area is 171 Å². The highest BCUT2D eigenvalue weighted by molar-refractivity contribution is 5.80. The number of carbonyl (C=O) groups excluding carboxylic acids is 1. The number of rotatable bonds is 7. The van der Waals surface area contributed by atoms with E-state index in [1.807, 2.05) is 30.3 Å².